The third-order valence-corrected chi connectivity index (χ3v) is 8.35. The first-order valence-electron chi connectivity index (χ1n) is 10.5. The molecule has 0 bridgehead atoms. The molecule has 162 valence electrons. The number of nitrogens with zero attached hydrogens (tertiary/aromatic N) is 3. The molecule has 1 saturated carbocycles. The van der Waals surface area contributed by atoms with Gasteiger partial charge in [0.15, 0.2) is 0 Å². The van der Waals surface area contributed by atoms with Gasteiger partial charge >= 0.3 is 0 Å². The largest absolute Gasteiger partial charge is 0.378 e. The Balaban J connectivity index is 1.84. The smallest absolute Gasteiger partial charge is 0.293 e. The first-order chi connectivity index (χ1) is 13.8. The Hall–Kier alpha value is -1.71. The van der Waals surface area contributed by atoms with Crippen molar-refractivity contribution in [3.05, 3.63) is 28.3 Å². The second-order valence-corrected chi connectivity index (χ2v) is 10.4. The fraction of sp³-hybridized carbons (Fsp3) is 0.700. The second-order valence-electron chi connectivity index (χ2n) is 8.43. The van der Waals surface area contributed by atoms with Crippen molar-refractivity contribution in [1.82, 2.24) is 9.21 Å². The molecular formula is C20H32N4O4S. The van der Waals surface area contributed by atoms with Crippen molar-refractivity contribution in [2.75, 3.05) is 39.0 Å². The number of nitro groups is 1. The van der Waals surface area contributed by atoms with Gasteiger partial charge in [0, 0.05) is 31.2 Å². The van der Waals surface area contributed by atoms with E-state index in [9.17, 15) is 18.5 Å². The minimum absolute atomic E-state index is 0.000149. The van der Waals surface area contributed by atoms with Crippen LogP contribution in [-0.4, -0.2) is 61.8 Å². The van der Waals surface area contributed by atoms with Gasteiger partial charge in [-0.05, 0) is 51.9 Å². The molecule has 1 N–H and O–H groups in total. The Morgan fingerprint density at radius 3 is 2.28 bits per heavy atom. The van der Waals surface area contributed by atoms with Crippen molar-refractivity contribution in [1.29, 1.82) is 0 Å². The molecule has 0 spiro atoms. The number of rotatable bonds is 7. The molecule has 1 heterocycles. The molecule has 8 nitrogen and oxygen atoms in total. The van der Waals surface area contributed by atoms with Gasteiger partial charge in [-0.15, -0.1) is 0 Å². The highest BCUT2D eigenvalue weighted by Crippen LogP contribution is 2.36. The molecule has 0 radical (unpaired) electrons. The number of hydrogen-bond acceptors (Lipinski definition) is 6. The van der Waals surface area contributed by atoms with Crippen LogP contribution in [-0.2, 0) is 10.0 Å². The van der Waals surface area contributed by atoms with E-state index in [1.54, 1.807) is 6.07 Å². The van der Waals surface area contributed by atoms with Crippen LogP contribution in [0, 0.1) is 10.1 Å². The summed E-state index contributed by atoms with van der Waals surface area (Å²) in [4.78, 5) is 13.4. The first kappa shape index (κ1) is 22.0. The second kappa shape index (κ2) is 8.97. The summed E-state index contributed by atoms with van der Waals surface area (Å²) in [7, 11) is 0.359. The molecule has 1 aliphatic carbocycles. The summed E-state index contributed by atoms with van der Waals surface area (Å²) in [6.45, 7) is 1.54. The Bertz CT molecular complexity index is 827. The lowest BCUT2D eigenvalue weighted by Gasteiger charge is -2.36. The average molecular weight is 425 g/mol. The Kier molecular flexibility index (Phi) is 6.80. The number of nitrogens with one attached hydrogen (secondary N) is 1. The molecule has 2 fully saturated rings. The highest BCUT2D eigenvalue weighted by Gasteiger charge is 2.36. The minimum Gasteiger partial charge on any atom is -0.378 e. The molecule has 0 aromatic heterocycles. The maximum Gasteiger partial charge on any atom is 0.293 e. The summed E-state index contributed by atoms with van der Waals surface area (Å²) in [5.74, 6) is 0. The van der Waals surface area contributed by atoms with E-state index in [0.717, 1.165) is 51.4 Å². The van der Waals surface area contributed by atoms with Gasteiger partial charge in [0.1, 0.15) is 5.69 Å². The monoisotopic (exact) mass is 424 g/mol. The van der Waals surface area contributed by atoms with E-state index in [-0.39, 0.29) is 16.1 Å². The standard InChI is InChI=1S/C20H32N4O4S/c1-22(2)20(11-5-6-12-20)16-21-18-10-9-17(15-19(18)24(25)26)29(27,28)23-13-7-3-4-8-14-23/h9-10,15,21H,3-8,11-14,16H2,1-2H3. The third-order valence-electron chi connectivity index (χ3n) is 6.46. The zero-order valence-corrected chi connectivity index (χ0v) is 18.2. The SMILES string of the molecule is CN(C)C1(CNc2ccc(S(=O)(=O)N3CCCCCC3)cc2[N+](=O)[O-])CCCC1. The molecule has 9 heteroatoms. The van der Waals surface area contributed by atoms with Gasteiger partial charge in [-0.2, -0.15) is 4.31 Å². The summed E-state index contributed by atoms with van der Waals surface area (Å²) in [5.41, 5.74) is 0.163. The molecule has 0 amide bonds. The van der Waals surface area contributed by atoms with E-state index in [4.69, 9.17) is 0 Å². The Morgan fingerprint density at radius 1 is 1.10 bits per heavy atom. The Morgan fingerprint density at radius 2 is 1.72 bits per heavy atom. The third kappa shape index (κ3) is 4.73. The number of anilines is 1. The summed E-state index contributed by atoms with van der Waals surface area (Å²) >= 11 is 0. The minimum atomic E-state index is -3.72. The van der Waals surface area contributed by atoms with Crippen LogP contribution >= 0.6 is 0 Å². The maximum atomic E-state index is 13.0. The van der Waals surface area contributed by atoms with Crippen LogP contribution in [0.2, 0.25) is 0 Å². The van der Waals surface area contributed by atoms with Gasteiger partial charge in [0.2, 0.25) is 10.0 Å². The number of nitro benzene ring substituents is 1. The van der Waals surface area contributed by atoms with Gasteiger partial charge in [-0.3, -0.25) is 10.1 Å². The van der Waals surface area contributed by atoms with Gasteiger partial charge in [0.25, 0.3) is 5.69 Å². The summed E-state index contributed by atoms with van der Waals surface area (Å²) in [6.07, 6.45) is 8.07. The van der Waals surface area contributed by atoms with Crippen LogP contribution in [0.3, 0.4) is 0 Å². The van der Waals surface area contributed by atoms with Crippen molar-refractivity contribution in [3.63, 3.8) is 0 Å². The van der Waals surface area contributed by atoms with E-state index < -0.39 is 14.9 Å². The van der Waals surface area contributed by atoms with Crippen LogP contribution in [0.15, 0.2) is 23.1 Å². The quantitative estimate of drug-likeness (QED) is 0.532. The fourth-order valence-electron chi connectivity index (χ4n) is 4.48. The van der Waals surface area contributed by atoms with Crippen LogP contribution in [0.25, 0.3) is 0 Å². The highest BCUT2D eigenvalue weighted by molar-refractivity contribution is 7.89. The van der Waals surface area contributed by atoms with E-state index in [0.29, 0.717) is 25.3 Å². The number of benzene rings is 1. The lowest BCUT2D eigenvalue weighted by molar-refractivity contribution is -0.384. The zero-order valence-electron chi connectivity index (χ0n) is 17.4. The predicted octanol–water partition coefficient (Wildman–Crippen LogP) is 3.45. The van der Waals surface area contributed by atoms with Gasteiger partial charge in [-0.25, -0.2) is 8.42 Å². The molecule has 29 heavy (non-hydrogen) atoms. The molecule has 2 aliphatic rings. The topological polar surface area (TPSA) is 95.8 Å². The summed E-state index contributed by atoms with van der Waals surface area (Å²) < 4.78 is 27.5. The fourth-order valence-corrected chi connectivity index (χ4v) is 6.02. The molecule has 0 atom stereocenters. The van der Waals surface area contributed by atoms with Crippen LogP contribution in [0.1, 0.15) is 51.4 Å². The first-order valence-corrected chi connectivity index (χ1v) is 11.9. The molecule has 3 rings (SSSR count). The lowest BCUT2D eigenvalue weighted by Crippen LogP contribution is -2.47. The number of likely N-dealkylation sites (N-methyl/N-ethyl adjacent to an activating group) is 1. The maximum absolute atomic E-state index is 13.0. The van der Waals surface area contributed by atoms with Crippen molar-refractivity contribution in [3.8, 4) is 0 Å². The summed E-state index contributed by atoms with van der Waals surface area (Å²) in [5, 5.41) is 14.9. The lowest BCUT2D eigenvalue weighted by atomic mass is 9.96. The summed E-state index contributed by atoms with van der Waals surface area (Å²) in [6, 6.07) is 4.24. The molecule has 0 unspecified atom stereocenters. The van der Waals surface area contributed by atoms with E-state index in [1.807, 2.05) is 14.1 Å². The average Bonchev–Trinajstić information content (AvgIpc) is 3.00. The molecule has 1 aliphatic heterocycles. The van der Waals surface area contributed by atoms with E-state index in [2.05, 4.69) is 10.2 Å². The van der Waals surface area contributed by atoms with Gasteiger partial charge in [0.05, 0.1) is 9.82 Å². The van der Waals surface area contributed by atoms with Crippen LogP contribution in [0.5, 0.6) is 0 Å². The zero-order chi connectivity index (χ0) is 21.1. The van der Waals surface area contributed by atoms with Crippen molar-refractivity contribution < 1.29 is 13.3 Å². The van der Waals surface area contributed by atoms with Crippen molar-refractivity contribution >= 4 is 21.4 Å². The van der Waals surface area contributed by atoms with Crippen LogP contribution < -0.4 is 5.32 Å². The van der Waals surface area contributed by atoms with Crippen molar-refractivity contribution in [2.45, 2.75) is 61.8 Å². The van der Waals surface area contributed by atoms with Crippen LogP contribution in [0.4, 0.5) is 11.4 Å². The highest BCUT2D eigenvalue weighted by atomic mass is 32.2. The number of sulfonamides is 1. The predicted molar refractivity (Wildman–Crippen MR) is 114 cm³/mol. The normalized spacial score (nSPS) is 20.5. The van der Waals surface area contributed by atoms with Gasteiger partial charge in [-0.1, -0.05) is 25.7 Å². The molecule has 1 aromatic rings. The van der Waals surface area contributed by atoms with E-state index >= 15 is 0 Å². The molecular weight excluding hydrogens is 392 g/mol. The van der Waals surface area contributed by atoms with Crippen molar-refractivity contribution in [2.24, 2.45) is 0 Å². The number of hydrogen-bond donors (Lipinski definition) is 1. The van der Waals surface area contributed by atoms with E-state index in [1.165, 1.54) is 16.4 Å². The Labute approximate surface area is 173 Å². The molecule has 1 aromatic carbocycles. The molecule has 1 saturated heterocycles. The van der Waals surface area contributed by atoms with Gasteiger partial charge < -0.3 is 10.2 Å².